The van der Waals surface area contributed by atoms with Crippen LogP contribution in [0.15, 0.2) is 11.4 Å². The van der Waals surface area contributed by atoms with E-state index in [1.54, 1.807) is 11.4 Å². The second-order valence-electron chi connectivity index (χ2n) is 3.40. The lowest BCUT2D eigenvalue weighted by molar-refractivity contribution is -0.117. The molecule has 0 bridgehead atoms. The Morgan fingerprint density at radius 3 is 2.88 bits per heavy atom. The third kappa shape index (κ3) is 3.81. The number of methoxy groups -OCH3 is 1. The molecule has 94 valence electrons. The van der Waals surface area contributed by atoms with Crippen LogP contribution in [0.25, 0.3) is 0 Å². The number of nitrogens with one attached hydrogen (secondary N) is 1. The normalized spacial score (nSPS) is 12.1. The van der Waals surface area contributed by atoms with Gasteiger partial charge in [0, 0.05) is 13.7 Å². The summed E-state index contributed by atoms with van der Waals surface area (Å²) >= 11 is 1.23. The predicted molar refractivity (Wildman–Crippen MR) is 65.9 cm³/mol. The summed E-state index contributed by atoms with van der Waals surface area (Å²) in [5.41, 5.74) is 11.1. The molecule has 1 aromatic heterocycles. The van der Waals surface area contributed by atoms with Crippen LogP contribution in [0.5, 0.6) is 0 Å². The number of hydrogen-bond donors (Lipinski definition) is 3. The van der Waals surface area contributed by atoms with Gasteiger partial charge in [0.1, 0.15) is 5.00 Å². The third-order valence-corrected chi connectivity index (χ3v) is 2.97. The van der Waals surface area contributed by atoms with E-state index in [1.165, 1.54) is 18.4 Å². The molecule has 6 nitrogen and oxygen atoms in total. The molecular formula is C10H15N3O3S. The summed E-state index contributed by atoms with van der Waals surface area (Å²) in [7, 11) is 1.54. The molecule has 1 rings (SSSR count). The summed E-state index contributed by atoms with van der Waals surface area (Å²) in [6.07, 6.45) is 0.416. The van der Waals surface area contributed by atoms with Crippen molar-refractivity contribution in [3.63, 3.8) is 0 Å². The topological polar surface area (TPSA) is 107 Å². The van der Waals surface area contributed by atoms with Crippen molar-refractivity contribution in [1.29, 1.82) is 0 Å². The number of carbonyl (C=O) groups is 2. The van der Waals surface area contributed by atoms with Gasteiger partial charge in [0.05, 0.1) is 11.6 Å². The number of amides is 2. The lowest BCUT2D eigenvalue weighted by atomic mass is 10.2. The summed E-state index contributed by atoms with van der Waals surface area (Å²) in [5.74, 6) is -0.931. The highest BCUT2D eigenvalue weighted by Crippen LogP contribution is 2.22. The maximum Gasteiger partial charge on any atom is 0.251 e. The molecule has 0 aliphatic rings. The van der Waals surface area contributed by atoms with Crippen LogP contribution in [0, 0.1) is 0 Å². The quantitative estimate of drug-likeness (QED) is 0.674. The Balaban J connectivity index is 2.61. The van der Waals surface area contributed by atoms with Gasteiger partial charge in [-0.15, -0.1) is 11.3 Å². The molecule has 0 spiro atoms. The number of nitrogens with two attached hydrogens (primary N) is 2. The van der Waals surface area contributed by atoms with Gasteiger partial charge in [0.15, 0.2) is 0 Å². The van der Waals surface area contributed by atoms with Crippen LogP contribution < -0.4 is 16.8 Å². The van der Waals surface area contributed by atoms with Gasteiger partial charge in [-0.2, -0.15) is 0 Å². The van der Waals surface area contributed by atoms with Crippen molar-refractivity contribution >= 4 is 28.2 Å². The van der Waals surface area contributed by atoms with Crippen molar-refractivity contribution in [2.24, 2.45) is 11.5 Å². The van der Waals surface area contributed by atoms with Gasteiger partial charge in [-0.25, -0.2) is 0 Å². The maximum atomic E-state index is 11.7. The summed E-state index contributed by atoms with van der Waals surface area (Å²) in [6.45, 7) is 0.404. The van der Waals surface area contributed by atoms with Crippen molar-refractivity contribution in [3.8, 4) is 0 Å². The first-order chi connectivity index (χ1) is 8.06. The maximum absolute atomic E-state index is 11.7. The second kappa shape index (κ2) is 6.33. The molecule has 5 N–H and O–H groups in total. The number of anilines is 1. The second-order valence-corrected chi connectivity index (χ2v) is 4.32. The smallest absolute Gasteiger partial charge is 0.251 e. The Kier molecular flexibility index (Phi) is 5.08. The molecule has 0 radical (unpaired) electrons. The molecule has 1 aromatic rings. The number of carbonyl (C=O) groups excluding carboxylic acids is 2. The van der Waals surface area contributed by atoms with Gasteiger partial charge >= 0.3 is 0 Å². The fourth-order valence-electron chi connectivity index (χ4n) is 1.18. The van der Waals surface area contributed by atoms with E-state index in [0.717, 1.165) is 0 Å². The van der Waals surface area contributed by atoms with E-state index >= 15 is 0 Å². The first kappa shape index (κ1) is 13.6. The number of thiophene rings is 1. The number of hydrogen-bond acceptors (Lipinski definition) is 5. The first-order valence-corrected chi connectivity index (χ1v) is 5.87. The highest BCUT2D eigenvalue weighted by atomic mass is 32.1. The van der Waals surface area contributed by atoms with Gasteiger partial charge in [0.25, 0.3) is 5.91 Å². The summed E-state index contributed by atoms with van der Waals surface area (Å²) in [5, 5.41) is 4.68. The van der Waals surface area contributed by atoms with E-state index in [0.29, 0.717) is 23.6 Å². The Morgan fingerprint density at radius 2 is 2.29 bits per heavy atom. The van der Waals surface area contributed by atoms with Gasteiger partial charge < -0.3 is 21.5 Å². The first-order valence-electron chi connectivity index (χ1n) is 4.99. The van der Waals surface area contributed by atoms with E-state index in [4.69, 9.17) is 16.2 Å². The number of ether oxygens (including phenoxy) is 1. The zero-order chi connectivity index (χ0) is 12.8. The predicted octanol–water partition coefficient (Wildman–Crippen LogP) is 0.149. The van der Waals surface area contributed by atoms with E-state index in [2.05, 4.69) is 5.32 Å². The Morgan fingerprint density at radius 1 is 1.59 bits per heavy atom. The van der Waals surface area contributed by atoms with Crippen LogP contribution in [-0.4, -0.2) is 31.6 Å². The van der Waals surface area contributed by atoms with Crippen molar-refractivity contribution in [1.82, 2.24) is 0 Å². The number of primary amides is 1. The monoisotopic (exact) mass is 257 g/mol. The minimum Gasteiger partial charge on any atom is -0.385 e. The average Bonchev–Trinajstić information content (AvgIpc) is 2.73. The van der Waals surface area contributed by atoms with Crippen LogP contribution in [0.4, 0.5) is 5.00 Å². The van der Waals surface area contributed by atoms with Gasteiger partial charge in [-0.1, -0.05) is 0 Å². The molecule has 2 amide bonds. The minimum absolute atomic E-state index is 0.294. The van der Waals surface area contributed by atoms with Crippen LogP contribution >= 0.6 is 11.3 Å². The van der Waals surface area contributed by atoms with Crippen molar-refractivity contribution < 1.29 is 14.3 Å². The lowest BCUT2D eigenvalue weighted by Crippen LogP contribution is -2.36. The molecule has 1 unspecified atom stereocenters. The van der Waals surface area contributed by atoms with Crippen LogP contribution in [0.1, 0.15) is 16.8 Å². The van der Waals surface area contributed by atoms with E-state index in [-0.39, 0.29) is 5.91 Å². The Hall–Kier alpha value is -1.44. The fourth-order valence-corrected chi connectivity index (χ4v) is 1.98. The summed E-state index contributed by atoms with van der Waals surface area (Å²) < 4.78 is 4.83. The molecular weight excluding hydrogens is 242 g/mol. The Labute approximate surface area is 103 Å². The third-order valence-electron chi connectivity index (χ3n) is 2.14. The minimum atomic E-state index is -0.669. The van der Waals surface area contributed by atoms with Gasteiger partial charge in [-0.3, -0.25) is 9.59 Å². The molecule has 0 saturated carbocycles. The number of rotatable bonds is 6. The molecule has 17 heavy (non-hydrogen) atoms. The van der Waals surface area contributed by atoms with E-state index in [1.807, 2.05) is 0 Å². The van der Waals surface area contributed by atoms with Crippen LogP contribution in [-0.2, 0) is 9.53 Å². The summed E-state index contributed by atoms with van der Waals surface area (Å²) in [6, 6.07) is 0.890. The van der Waals surface area contributed by atoms with E-state index in [9.17, 15) is 9.59 Å². The SMILES string of the molecule is COCCC(N)C(=O)Nc1sccc1C(N)=O. The largest absolute Gasteiger partial charge is 0.385 e. The summed E-state index contributed by atoms with van der Waals surface area (Å²) in [4.78, 5) is 22.7. The highest BCUT2D eigenvalue weighted by molar-refractivity contribution is 7.14. The average molecular weight is 257 g/mol. The zero-order valence-corrected chi connectivity index (χ0v) is 10.3. The highest BCUT2D eigenvalue weighted by Gasteiger charge is 2.17. The molecule has 0 aliphatic carbocycles. The van der Waals surface area contributed by atoms with Crippen molar-refractivity contribution in [2.45, 2.75) is 12.5 Å². The van der Waals surface area contributed by atoms with Crippen molar-refractivity contribution in [3.05, 3.63) is 17.0 Å². The molecule has 1 heterocycles. The van der Waals surface area contributed by atoms with Crippen LogP contribution in [0.3, 0.4) is 0 Å². The van der Waals surface area contributed by atoms with Crippen LogP contribution in [0.2, 0.25) is 0 Å². The van der Waals surface area contributed by atoms with Crippen molar-refractivity contribution in [2.75, 3.05) is 19.0 Å². The lowest BCUT2D eigenvalue weighted by Gasteiger charge is -2.11. The molecule has 1 atom stereocenters. The Bertz CT molecular complexity index is 405. The molecule has 0 fully saturated rings. The van der Waals surface area contributed by atoms with Gasteiger partial charge in [-0.05, 0) is 17.9 Å². The molecule has 0 saturated heterocycles. The standard InChI is InChI=1S/C10H15N3O3S/c1-16-4-2-7(11)9(15)13-10-6(8(12)14)3-5-17-10/h3,5,7H,2,4,11H2,1H3,(H2,12,14)(H,13,15). The molecule has 0 aliphatic heterocycles. The molecule has 0 aromatic carbocycles. The van der Waals surface area contributed by atoms with Gasteiger partial charge in [0.2, 0.25) is 5.91 Å². The fraction of sp³-hybridized carbons (Fsp3) is 0.400. The van der Waals surface area contributed by atoms with E-state index < -0.39 is 11.9 Å². The molecule has 7 heteroatoms. The zero-order valence-electron chi connectivity index (χ0n) is 9.43.